The molecule has 0 spiro atoms. The lowest BCUT2D eigenvalue weighted by molar-refractivity contribution is 0.0114. The van der Waals surface area contributed by atoms with Gasteiger partial charge in [0.1, 0.15) is 0 Å². The summed E-state index contributed by atoms with van der Waals surface area (Å²) in [6, 6.07) is 0. The summed E-state index contributed by atoms with van der Waals surface area (Å²) in [6.07, 6.45) is 11.8. The highest BCUT2D eigenvalue weighted by Crippen LogP contribution is 2.47. The standard InChI is InChI=1S/C15H27NO/c1-2-8-17-15(3-1)6-7-16-11-14-10-12-4-5-13(14)9-12/h12-16H,1-11H2. The van der Waals surface area contributed by atoms with E-state index in [2.05, 4.69) is 5.32 Å². The van der Waals surface area contributed by atoms with Crippen molar-refractivity contribution in [2.75, 3.05) is 19.7 Å². The lowest BCUT2D eigenvalue weighted by Crippen LogP contribution is -2.30. The molecule has 2 nitrogen and oxygen atoms in total. The normalized spacial score (nSPS) is 40.9. The van der Waals surface area contributed by atoms with Crippen LogP contribution in [0, 0.1) is 17.8 Å². The summed E-state index contributed by atoms with van der Waals surface area (Å²) < 4.78 is 5.76. The molecular weight excluding hydrogens is 210 g/mol. The number of hydrogen-bond acceptors (Lipinski definition) is 2. The first-order chi connectivity index (χ1) is 8.42. The number of fused-ring (bicyclic) bond motifs is 2. The van der Waals surface area contributed by atoms with Crippen molar-refractivity contribution in [1.29, 1.82) is 0 Å². The van der Waals surface area contributed by atoms with Crippen LogP contribution in [-0.4, -0.2) is 25.8 Å². The Morgan fingerprint density at radius 2 is 2.06 bits per heavy atom. The minimum atomic E-state index is 0.552. The van der Waals surface area contributed by atoms with Gasteiger partial charge in [0.2, 0.25) is 0 Å². The molecule has 17 heavy (non-hydrogen) atoms. The van der Waals surface area contributed by atoms with Crippen molar-refractivity contribution in [2.45, 2.75) is 57.5 Å². The Kier molecular flexibility index (Phi) is 4.02. The average molecular weight is 237 g/mol. The molecule has 3 fully saturated rings. The van der Waals surface area contributed by atoms with Crippen LogP contribution in [0.2, 0.25) is 0 Å². The zero-order chi connectivity index (χ0) is 11.5. The highest BCUT2D eigenvalue weighted by molar-refractivity contribution is 4.90. The number of ether oxygens (including phenoxy) is 1. The largest absolute Gasteiger partial charge is 0.378 e. The van der Waals surface area contributed by atoms with Gasteiger partial charge in [-0.1, -0.05) is 6.42 Å². The van der Waals surface area contributed by atoms with Gasteiger partial charge in [-0.25, -0.2) is 0 Å². The van der Waals surface area contributed by atoms with Gasteiger partial charge in [0.15, 0.2) is 0 Å². The molecule has 4 unspecified atom stereocenters. The molecule has 0 aromatic rings. The van der Waals surface area contributed by atoms with E-state index >= 15 is 0 Å². The van der Waals surface area contributed by atoms with Crippen LogP contribution in [0.25, 0.3) is 0 Å². The highest BCUT2D eigenvalue weighted by atomic mass is 16.5. The smallest absolute Gasteiger partial charge is 0.0587 e. The van der Waals surface area contributed by atoms with Gasteiger partial charge in [0.05, 0.1) is 6.10 Å². The van der Waals surface area contributed by atoms with Crippen LogP contribution < -0.4 is 5.32 Å². The van der Waals surface area contributed by atoms with Gasteiger partial charge in [0, 0.05) is 6.61 Å². The fourth-order valence-corrected chi connectivity index (χ4v) is 4.21. The third-order valence-corrected chi connectivity index (χ3v) is 5.21. The van der Waals surface area contributed by atoms with Gasteiger partial charge in [-0.3, -0.25) is 0 Å². The fraction of sp³-hybridized carbons (Fsp3) is 1.00. The topological polar surface area (TPSA) is 21.3 Å². The molecule has 3 rings (SSSR count). The minimum absolute atomic E-state index is 0.552. The van der Waals surface area contributed by atoms with E-state index < -0.39 is 0 Å². The summed E-state index contributed by atoms with van der Waals surface area (Å²) in [6.45, 7) is 3.43. The maximum Gasteiger partial charge on any atom is 0.0587 e. The molecule has 0 aromatic heterocycles. The van der Waals surface area contributed by atoms with Crippen molar-refractivity contribution in [3.8, 4) is 0 Å². The Morgan fingerprint density at radius 1 is 1.06 bits per heavy atom. The van der Waals surface area contributed by atoms with E-state index in [4.69, 9.17) is 4.74 Å². The van der Waals surface area contributed by atoms with E-state index in [-0.39, 0.29) is 0 Å². The molecule has 4 atom stereocenters. The Labute approximate surface area is 105 Å². The summed E-state index contributed by atoms with van der Waals surface area (Å²) in [7, 11) is 0. The molecule has 1 aliphatic heterocycles. The Balaban J connectivity index is 1.28. The molecule has 1 heterocycles. The van der Waals surface area contributed by atoms with E-state index in [0.717, 1.165) is 24.4 Å². The molecular formula is C15H27NO. The lowest BCUT2D eigenvalue weighted by atomic mass is 9.89. The zero-order valence-electron chi connectivity index (χ0n) is 11.0. The zero-order valence-corrected chi connectivity index (χ0v) is 11.0. The third-order valence-electron chi connectivity index (χ3n) is 5.21. The predicted molar refractivity (Wildman–Crippen MR) is 70.0 cm³/mol. The van der Waals surface area contributed by atoms with Gasteiger partial charge in [0.25, 0.3) is 0 Å². The Bertz CT molecular complexity index is 237. The summed E-state index contributed by atoms with van der Waals surface area (Å²) >= 11 is 0. The molecule has 0 radical (unpaired) electrons. The summed E-state index contributed by atoms with van der Waals surface area (Å²) in [5.74, 6) is 3.16. The Hall–Kier alpha value is -0.0800. The summed E-state index contributed by atoms with van der Waals surface area (Å²) in [5.41, 5.74) is 0. The third kappa shape index (κ3) is 3.03. The monoisotopic (exact) mass is 237 g/mol. The van der Waals surface area contributed by atoms with E-state index in [1.165, 1.54) is 64.5 Å². The van der Waals surface area contributed by atoms with Crippen LogP contribution >= 0.6 is 0 Å². The van der Waals surface area contributed by atoms with Gasteiger partial charge in [-0.2, -0.15) is 0 Å². The van der Waals surface area contributed by atoms with Crippen molar-refractivity contribution in [2.24, 2.45) is 17.8 Å². The number of rotatable bonds is 5. The van der Waals surface area contributed by atoms with Gasteiger partial charge >= 0.3 is 0 Å². The van der Waals surface area contributed by atoms with Crippen LogP contribution in [0.1, 0.15) is 51.4 Å². The molecule has 2 heteroatoms. The van der Waals surface area contributed by atoms with E-state index in [1.54, 1.807) is 0 Å². The lowest BCUT2D eigenvalue weighted by Gasteiger charge is -2.24. The summed E-state index contributed by atoms with van der Waals surface area (Å²) in [5, 5.41) is 3.68. The van der Waals surface area contributed by atoms with Gasteiger partial charge in [-0.05, 0) is 75.8 Å². The summed E-state index contributed by atoms with van der Waals surface area (Å²) in [4.78, 5) is 0. The molecule has 0 amide bonds. The van der Waals surface area contributed by atoms with Crippen LogP contribution in [0.5, 0.6) is 0 Å². The van der Waals surface area contributed by atoms with E-state index in [1.807, 2.05) is 0 Å². The Morgan fingerprint density at radius 3 is 2.76 bits per heavy atom. The van der Waals surface area contributed by atoms with Crippen LogP contribution in [0.3, 0.4) is 0 Å². The van der Waals surface area contributed by atoms with E-state index in [9.17, 15) is 0 Å². The maximum absolute atomic E-state index is 5.76. The SMILES string of the molecule is C1CCC(CCNCC2CC3CCC2C3)OC1. The quantitative estimate of drug-likeness (QED) is 0.742. The molecule has 2 bridgehead atoms. The number of hydrogen-bond donors (Lipinski definition) is 1. The molecule has 1 N–H and O–H groups in total. The molecule has 1 saturated heterocycles. The first-order valence-corrected chi connectivity index (χ1v) is 7.74. The van der Waals surface area contributed by atoms with Crippen LogP contribution in [-0.2, 0) is 4.74 Å². The number of nitrogens with one attached hydrogen (secondary N) is 1. The van der Waals surface area contributed by atoms with Crippen molar-refractivity contribution >= 4 is 0 Å². The highest BCUT2D eigenvalue weighted by Gasteiger charge is 2.38. The second kappa shape index (κ2) is 5.71. The van der Waals surface area contributed by atoms with Crippen molar-refractivity contribution in [3.63, 3.8) is 0 Å². The van der Waals surface area contributed by atoms with Crippen LogP contribution in [0.4, 0.5) is 0 Å². The van der Waals surface area contributed by atoms with Gasteiger partial charge < -0.3 is 10.1 Å². The van der Waals surface area contributed by atoms with Crippen molar-refractivity contribution in [3.05, 3.63) is 0 Å². The maximum atomic E-state index is 5.76. The second-order valence-corrected chi connectivity index (χ2v) is 6.42. The molecule has 0 aromatic carbocycles. The van der Waals surface area contributed by atoms with E-state index in [0.29, 0.717) is 6.10 Å². The molecule has 2 saturated carbocycles. The average Bonchev–Trinajstić information content (AvgIpc) is 2.98. The minimum Gasteiger partial charge on any atom is -0.378 e. The molecule has 2 aliphatic carbocycles. The fourth-order valence-electron chi connectivity index (χ4n) is 4.21. The second-order valence-electron chi connectivity index (χ2n) is 6.42. The molecule has 3 aliphatic rings. The predicted octanol–water partition coefficient (Wildman–Crippen LogP) is 2.97. The van der Waals surface area contributed by atoms with Crippen molar-refractivity contribution in [1.82, 2.24) is 5.32 Å². The van der Waals surface area contributed by atoms with Crippen molar-refractivity contribution < 1.29 is 4.74 Å². The van der Waals surface area contributed by atoms with Crippen LogP contribution in [0.15, 0.2) is 0 Å². The first kappa shape index (κ1) is 12.0. The first-order valence-electron chi connectivity index (χ1n) is 7.74. The molecule has 98 valence electrons. The van der Waals surface area contributed by atoms with Gasteiger partial charge in [-0.15, -0.1) is 0 Å².